The van der Waals surface area contributed by atoms with Crippen LogP contribution < -0.4 is 0 Å². The highest BCUT2D eigenvalue weighted by atomic mass is 16.3. The summed E-state index contributed by atoms with van der Waals surface area (Å²) < 4.78 is 0. The van der Waals surface area contributed by atoms with Crippen molar-refractivity contribution in [3.05, 3.63) is 24.3 Å². The molecule has 1 N–H and O–H groups in total. The van der Waals surface area contributed by atoms with Crippen LogP contribution >= 0.6 is 0 Å². The predicted octanol–water partition coefficient (Wildman–Crippen LogP) is 1.39. The van der Waals surface area contributed by atoms with Crippen LogP contribution in [0.15, 0.2) is 24.3 Å². The molecule has 0 aliphatic heterocycles. The molecule has 0 unspecified atom stereocenters. The number of nitrogens with zero attached hydrogens (tertiary/aromatic N) is 1. The van der Waals surface area contributed by atoms with E-state index < -0.39 is 6.10 Å². The third-order valence-corrected chi connectivity index (χ3v) is 0.909. The van der Waals surface area contributed by atoms with Crippen LogP contribution in [-0.2, 0) is 0 Å². The van der Waals surface area contributed by atoms with Gasteiger partial charge in [-0.3, -0.25) is 0 Å². The Morgan fingerprint density at radius 2 is 2.30 bits per heavy atom. The average molecular weight is 137 g/mol. The molecule has 0 saturated carbocycles. The topological polar surface area (TPSA) is 44.0 Å². The molecule has 0 saturated heterocycles. The summed E-state index contributed by atoms with van der Waals surface area (Å²) in [5, 5.41) is 16.8. The van der Waals surface area contributed by atoms with Crippen LogP contribution in [0.2, 0.25) is 0 Å². The van der Waals surface area contributed by atoms with Crippen molar-refractivity contribution in [2.24, 2.45) is 0 Å². The summed E-state index contributed by atoms with van der Waals surface area (Å²) in [5.74, 6) is 0. The van der Waals surface area contributed by atoms with Gasteiger partial charge in [-0.25, -0.2) is 0 Å². The highest BCUT2D eigenvalue weighted by molar-refractivity contribution is 5.09. The minimum atomic E-state index is -0.971. The van der Waals surface area contributed by atoms with Gasteiger partial charge in [0.15, 0.2) is 6.10 Å². The second kappa shape index (κ2) is 6.06. The van der Waals surface area contributed by atoms with Crippen LogP contribution in [0.3, 0.4) is 0 Å². The van der Waals surface area contributed by atoms with Gasteiger partial charge in [-0.1, -0.05) is 25.2 Å². The van der Waals surface area contributed by atoms with Gasteiger partial charge in [0.2, 0.25) is 0 Å². The normalized spacial score (nSPS) is 14.1. The van der Waals surface area contributed by atoms with Gasteiger partial charge < -0.3 is 5.11 Å². The zero-order chi connectivity index (χ0) is 7.82. The van der Waals surface area contributed by atoms with Crippen LogP contribution in [0.1, 0.15) is 13.3 Å². The molecule has 0 spiro atoms. The molecule has 0 rings (SSSR count). The van der Waals surface area contributed by atoms with Crippen molar-refractivity contribution in [3.8, 4) is 6.07 Å². The Bertz CT molecular complexity index is 165. The molecule has 0 aromatic rings. The lowest BCUT2D eigenvalue weighted by atomic mass is 10.3. The van der Waals surface area contributed by atoms with E-state index in [9.17, 15) is 0 Å². The third-order valence-electron chi connectivity index (χ3n) is 0.909. The quantitative estimate of drug-likeness (QED) is 0.472. The van der Waals surface area contributed by atoms with E-state index in [2.05, 4.69) is 0 Å². The maximum Gasteiger partial charge on any atom is 0.159 e. The molecule has 0 bridgehead atoms. The number of rotatable bonds is 3. The second-order valence-electron chi connectivity index (χ2n) is 1.80. The molecule has 0 amide bonds. The largest absolute Gasteiger partial charge is 0.374 e. The van der Waals surface area contributed by atoms with Crippen molar-refractivity contribution in [2.45, 2.75) is 19.4 Å². The highest BCUT2D eigenvalue weighted by Crippen LogP contribution is 1.85. The maximum absolute atomic E-state index is 8.68. The molecule has 0 radical (unpaired) electrons. The first-order valence-electron chi connectivity index (χ1n) is 3.22. The van der Waals surface area contributed by atoms with Gasteiger partial charge in [-0.05, 0) is 12.5 Å². The van der Waals surface area contributed by atoms with Crippen LogP contribution in [0.25, 0.3) is 0 Å². The predicted molar refractivity (Wildman–Crippen MR) is 40.2 cm³/mol. The minimum Gasteiger partial charge on any atom is -0.374 e. The smallest absolute Gasteiger partial charge is 0.159 e. The zero-order valence-electron chi connectivity index (χ0n) is 5.99. The number of aliphatic hydroxyl groups excluding tert-OH is 1. The van der Waals surface area contributed by atoms with E-state index in [1.165, 1.54) is 6.08 Å². The van der Waals surface area contributed by atoms with Crippen LogP contribution in [0.5, 0.6) is 0 Å². The Morgan fingerprint density at radius 1 is 1.60 bits per heavy atom. The molecule has 0 fully saturated rings. The average Bonchev–Trinajstić information content (AvgIpc) is 1.98. The molecule has 2 heteroatoms. The van der Waals surface area contributed by atoms with Crippen molar-refractivity contribution >= 4 is 0 Å². The minimum absolute atomic E-state index is 0.965. The first-order valence-corrected chi connectivity index (χ1v) is 3.22. The fraction of sp³-hybridized carbons (Fsp3) is 0.375. The summed E-state index contributed by atoms with van der Waals surface area (Å²) in [6, 6.07) is 1.68. The summed E-state index contributed by atoms with van der Waals surface area (Å²) in [6.07, 6.45) is 6.85. The molecule has 2 nitrogen and oxygen atoms in total. The van der Waals surface area contributed by atoms with E-state index in [4.69, 9.17) is 10.4 Å². The van der Waals surface area contributed by atoms with Crippen molar-refractivity contribution in [3.63, 3.8) is 0 Å². The molecular weight excluding hydrogens is 126 g/mol. The molecule has 0 aromatic carbocycles. The Balaban J connectivity index is 3.57. The van der Waals surface area contributed by atoms with Crippen LogP contribution in [0.4, 0.5) is 0 Å². The number of nitriles is 1. The lowest BCUT2D eigenvalue weighted by Crippen LogP contribution is -1.94. The zero-order valence-corrected chi connectivity index (χ0v) is 5.99. The van der Waals surface area contributed by atoms with E-state index in [1.54, 1.807) is 18.2 Å². The van der Waals surface area contributed by atoms with E-state index in [-0.39, 0.29) is 0 Å². The van der Waals surface area contributed by atoms with E-state index in [0.29, 0.717) is 0 Å². The Hall–Kier alpha value is -1.07. The lowest BCUT2D eigenvalue weighted by Gasteiger charge is -1.85. The van der Waals surface area contributed by atoms with Gasteiger partial charge >= 0.3 is 0 Å². The first-order chi connectivity index (χ1) is 4.81. The van der Waals surface area contributed by atoms with Gasteiger partial charge in [0, 0.05) is 0 Å². The number of aliphatic hydroxyl groups is 1. The van der Waals surface area contributed by atoms with Crippen molar-refractivity contribution in [1.29, 1.82) is 5.26 Å². The van der Waals surface area contributed by atoms with Crippen LogP contribution in [-0.4, -0.2) is 11.2 Å². The first kappa shape index (κ1) is 8.93. The van der Waals surface area contributed by atoms with Gasteiger partial charge in [0.1, 0.15) is 0 Å². The van der Waals surface area contributed by atoms with E-state index >= 15 is 0 Å². The third kappa shape index (κ3) is 5.07. The van der Waals surface area contributed by atoms with Crippen molar-refractivity contribution in [1.82, 2.24) is 0 Å². The highest BCUT2D eigenvalue weighted by Gasteiger charge is 1.88. The van der Waals surface area contributed by atoms with Gasteiger partial charge in [-0.15, -0.1) is 0 Å². The van der Waals surface area contributed by atoms with E-state index in [1.807, 2.05) is 13.0 Å². The summed E-state index contributed by atoms with van der Waals surface area (Å²) >= 11 is 0. The Labute approximate surface area is 61.1 Å². The van der Waals surface area contributed by atoms with Crippen molar-refractivity contribution in [2.75, 3.05) is 0 Å². The summed E-state index contributed by atoms with van der Waals surface area (Å²) in [6.45, 7) is 2.02. The van der Waals surface area contributed by atoms with Crippen molar-refractivity contribution < 1.29 is 5.11 Å². The Morgan fingerprint density at radius 3 is 2.80 bits per heavy atom. The monoisotopic (exact) mass is 137 g/mol. The summed E-state index contributed by atoms with van der Waals surface area (Å²) in [4.78, 5) is 0. The summed E-state index contributed by atoms with van der Waals surface area (Å²) in [5.41, 5.74) is 0. The van der Waals surface area contributed by atoms with Gasteiger partial charge in [-0.2, -0.15) is 5.26 Å². The number of hydrogen-bond acceptors (Lipinski definition) is 2. The van der Waals surface area contributed by atoms with Gasteiger partial charge in [0.05, 0.1) is 6.07 Å². The lowest BCUT2D eigenvalue weighted by molar-refractivity contribution is 0.278. The fourth-order valence-corrected chi connectivity index (χ4v) is 0.427. The fourth-order valence-electron chi connectivity index (χ4n) is 0.427. The van der Waals surface area contributed by atoms with E-state index in [0.717, 1.165) is 6.42 Å². The van der Waals surface area contributed by atoms with Gasteiger partial charge in [0.25, 0.3) is 0 Å². The summed E-state index contributed by atoms with van der Waals surface area (Å²) in [7, 11) is 0. The molecule has 54 valence electrons. The standard InChI is InChI=1S/C8H11NO/c1-2-3-4-5-6-8(10)7-9/h3-6,8,10H,2H2,1H3/b4-3+,6-5+/t8-/m1/s1. The SMILES string of the molecule is CC/C=C/C=C/[C@@H](O)C#N. The Kier molecular flexibility index (Phi) is 5.41. The molecule has 10 heavy (non-hydrogen) atoms. The van der Waals surface area contributed by atoms with Crippen LogP contribution in [0, 0.1) is 11.3 Å². The molecule has 0 heterocycles. The molecule has 1 atom stereocenters. The molecule has 0 aliphatic carbocycles. The molecular formula is C8H11NO. The second-order valence-corrected chi connectivity index (χ2v) is 1.80. The molecule has 0 aromatic heterocycles. The molecule has 0 aliphatic rings. The number of allylic oxidation sites excluding steroid dienone is 3. The maximum atomic E-state index is 8.68. The number of hydrogen-bond donors (Lipinski definition) is 1.